The number of pyridine rings is 4. The van der Waals surface area contributed by atoms with E-state index in [9.17, 15) is 58.2 Å². The van der Waals surface area contributed by atoms with Crippen molar-refractivity contribution >= 4 is 78.1 Å². The second-order valence-electron chi connectivity index (χ2n) is 26.1. The van der Waals surface area contributed by atoms with Gasteiger partial charge in [-0.3, -0.25) is 76.2 Å². The minimum atomic E-state index is -1.31. The van der Waals surface area contributed by atoms with Crippen LogP contribution in [0.15, 0.2) is 112 Å². The van der Waals surface area contributed by atoms with Crippen molar-refractivity contribution in [2.24, 2.45) is 32.9 Å². The van der Waals surface area contributed by atoms with Crippen LogP contribution in [0.4, 0.5) is 11.4 Å². The third kappa shape index (κ3) is 13.9. The standard InChI is InChI=1S/C72H84N14O14/c1-35(2)79-45-31-43-57-55-41(29-47(81-37(5)6)61(57)71(97)85(67(43)93)49(63(75)89)19-13-15-23-73)65(91)83(69(95)59(45)55)27-25-77-53(87)33-99-51-21-11-9-17-39(51)40-18-10-12-22-52(40)100-34-54(88)78-26-28-84-66(92)42-30-48(82-38(7)8)62-58-44(32-46(80-36(3)4)60(56(42)58)70(84)96)68(94)86(72(62)98)50(64(76)90)20-14-16-24-74/h9-12,17-18,21-22,29-32,35-38,49-50,81-82,91-92H,13-16,19-20,23-28,33-34,73-74H2,1-8H3,(H2,75,89)(H2,76,90)(H,77,87)(H,78,88)/t49-,50-/m0/s1. The molecule has 0 fully saturated rings. The number of hydrogen-bond donors (Lipinski definition) is 10. The van der Waals surface area contributed by atoms with Gasteiger partial charge in [-0.1, -0.05) is 36.4 Å². The fourth-order valence-corrected chi connectivity index (χ4v) is 13.2. The van der Waals surface area contributed by atoms with Gasteiger partial charge in [0.15, 0.2) is 13.2 Å². The van der Waals surface area contributed by atoms with E-state index in [4.69, 9.17) is 42.4 Å². The van der Waals surface area contributed by atoms with Crippen LogP contribution in [0, 0.1) is 0 Å². The van der Waals surface area contributed by atoms with Crippen LogP contribution in [-0.2, 0) is 32.3 Å². The lowest BCUT2D eigenvalue weighted by Gasteiger charge is -2.24. The molecule has 0 bridgehead atoms. The molecule has 4 heterocycles. The molecule has 28 nitrogen and oxygen atoms in total. The molecule has 100 heavy (non-hydrogen) atoms. The highest BCUT2D eigenvalue weighted by Crippen LogP contribution is 2.44. The van der Waals surface area contributed by atoms with E-state index in [1.54, 1.807) is 76.2 Å². The van der Waals surface area contributed by atoms with Crippen LogP contribution in [0.5, 0.6) is 23.3 Å². The Kier molecular flexibility index (Phi) is 21.5. The van der Waals surface area contributed by atoms with Crippen LogP contribution < -0.4 is 97.7 Å². The maximum atomic E-state index is 14.8. The van der Waals surface area contributed by atoms with E-state index in [2.05, 4.69) is 21.3 Å². The Morgan fingerprint density at radius 2 is 0.850 bits per heavy atom. The zero-order valence-electron chi connectivity index (χ0n) is 57.1. The van der Waals surface area contributed by atoms with Gasteiger partial charge >= 0.3 is 0 Å². The molecule has 6 aromatic rings. The molecule has 0 saturated carbocycles. The molecule has 2 atom stereocenters. The van der Waals surface area contributed by atoms with Crippen molar-refractivity contribution in [1.29, 1.82) is 0 Å². The van der Waals surface area contributed by atoms with E-state index in [1.165, 1.54) is 24.3 Å². The molecule has 14 N–H and O–H groups in total. The first kappa shape index (κ1) is 71.8. The minimum Gasteiger partial charge on any atom is -0.494 e. The van der Waals surface area contributed by atoms with Gasteiger partial charge in [0.2, 0.25) is 23.6 Å². The molecule has 0 saturated heterocycles. The lowest BCUT2D eigenvalue weighted by atomic mass is 9.89. The first-order valence-corrected chi connectivity index (χ1v) is 33.5. The first-order valence-electron chi connectivity index (χ1n) is 33.5. The predicted octanol–water partition coefficient (Wildman–Crippen LogP) is 3.67. The Balaban J connectivity index is 0.861. The summed E-state index contributed by atoms with van der Waals surface area (Å²) in [5.41, 5.74) is 20.1. The van der Waals surface area contributed by atoms with Crippen LogP contribution >= 0.6 is 0 Å². The average Bonchev–Trinajstić information content (AvgIpc) is 0.704. The molecule has 10 rings (SSSR count). The molecule has 0 spiro atoms. The molecule has 28 heteroatoms. The van der Waals surface area contributed by atoms with Gasteiger partial charge < -0.3 is 63.9 Å². The number of aromatic hydroxyl groups is 2. The number of hydrogen-bond acceptors (Lipinski definition) is 20. The van der Waals surface area contributed by atoms with Gasteiger partial charge in [-0.25, -0.2) is 0 Å². The number of ether oxygens (including phenoxy) is 2. The largest absolute Gasteiger partial charge is 0.494 e. The van der Waals surface area contributed by atoms with Crippen molar-refractivity contribution in [2.75, 3.05) is 50.0 Å². The number of primary amides is 2. The Bertz CT molecular complexity index is 4910. The second kappa shape index (κ2) is 30.0. The van der Waals surface area contributed by atoms with Gasteiger partial charge in [-0.05, 0) is 143 Å². The van der Waals surface area contributed by atoms with Crippen LogP contribution in [0.1, 0.15) is 106 Å². The number of amides is 4. The molecule has 4 amide bonds. The molecule has 4 aliphatic rings. The molecule has 2 aromatic heterocycles. The zero-order valence-corrected chi connectivity index (χ0v) is 57.1. The number of benzene rings is 6. The Morgan fingerprint density at radius 3 is 1.19 bits per heavy atom. The SMILES string of the molecule is CC(C)N=c1cc2c(=O)n([C@@H](CCCCN)C(N)=O)c(=O)c3c(NC(C)C)cc4c(O)n(CCNC(=O)COc5ccccc5-c5ccccc5OCC(=O)NCCn5c(O)c6cc(NC(C)C)c7c8c6c(c(=NC(C)C)cc-8c(=O)n([C@@H](CCCCN)C(N)=O)c7=O)c5=O)c(=O)c1c4c3-2. The summed E-state index contributed by atoms with van der Waals surface area (Å²) >= 11 is 0. The minimum absolute atomic E-state index is 0.0122. The van der Waals surface area contributed by atoms with Crippen molar-refractivity contribution in [3.05, 3.63) is 146 Å². The third-order valence-corrected chi connectivity index (χ3v) is 17.4. The zero-order chi connectivity index (χ0) is 72.3. The predicted molar refractivity (Wildman–Crippen MR) is 384 cm³/mol. The molecule has 0 radical (unpaired) electrons. The molecule has 2 aliphatic carbocycles. The summed E-state index contributed by atoms with van der Waals surface area (Å²) in [5.74, 6) is -3.43. The van der Waals surface area contributed by atoms with Crippen molar-refractivity contribution < 1.29 is 38.9 Å². The Labute approximate surface area is 572 Å². The summed E-state index contributed by atoms with van der Waals surface area (Å²) in [6.07, 6.45) is 1.98. The molecular weight excluding hydrogens is 1280 g/mol. The highest BCUT2D eigenvalue weighted by molar-refractivity contribution is 6.20. The first-order chi connectivity index (χ1) is 47.7. The van der Waals surface area contributed by atoms with Crippen LogP contribution in [0.3, 0.4) is 0 Å². The fraction of sp³-hybridized carbons (Fsp3) is 0.389. The number of carbonyl (C=O) groups excluding carboxylic acids is 4. The summed E-state index contributed by atoms with van der Waals surface area (Å²) in [5, 5.41) is 37.0. The van der Waals surface area contributed by atoms with Crippen LogP contribution in [0.25, 0.3) is 76.5 Å². The number of anilines is 2. The summed E-state index contributed by atoms with van der Waals surface area (Å²) in [7, 11) is 0. The number of carbonyl (C=O) groups is 4. The maximum absolute atomic E-state index is 14.8. The maximum Gasteiger partial charge on any atom is 0.264 e. The number of rotatable bonds is 31. The van der Waals surface area contributed by atoms with E-state index in [1.807, 2.05) is 27.7 Å². The monoisotopic (exact) mass is 1370 g/mol. The van der Waals surface area contributed by atoms with Crippen LogP contribution in [-0.4, -0.2) is 116 Å². The average molecular weight is 1370 g/mol. The van der Waals surface area contributed by atoms with Crippen molar-refractivity contribution in [1.82, 2.24) is 28.9 Å². The fourth-order valence-electron chi connectivity index (χ4n) is 13.2. The lowest BCUT2D eigenvalue weighted by Crippen LogP contribution is -2.44. The number of unbranched alkanes of at least 4 members (excludes halogenated alkanes) is 2. The van der Waals surface area contributed by atoms with Gasteiger partial charge in [-0.15, -0.1) is 0 Å². The number of nitrogens with two attached hydrogens (primary N) is 4. The summed E-state index contributed by atoms with van der Waals surface area (Å²) in [4.78, 5) is 151. The van der Waals surface area contributed by atoms with Gasteiger partial charge in [0.05, 0.1) is 43.4 Å². The normalized spacial score (nSPS) is 13.0. The number of para-hydroxylation sites is 2. The molecule has 526 valence electrons. The lowest BCUT2D eigenvalue weighted by molar-refractivity contribution is -0.123. The number of nitrogens with one attached hydrogen (secondary N) is 4. The van der Waals surface area contributed by atoms with Gasteiger partial charge in [0.25, 0.3) is 45.2 Å². The van der Waals surface area contributed by atoms with E-state index < -0.39 is 106 Å². The summed E-state index contributed by atoms with van der Waals surface area (Å²) in [6, 6.07) is 15.5. The van der Waals surface area contributed by atoms with Crippen LogP contribution in [0.2, 0.25) is 0 Å². The summed E-state index contributed by atoms with van der Waals surface area (Å²) < 4.78 is 16.1. The van der Waals surface area contributed by atoms with E-state index >= 15 is 0 Å². The highest BCUT2D eigenvalue weighted by Gasteiger charge is 2.35. The number of aromatic nitrogens is 4. The van der Waals surface area contributed by atoms with Gasteiger partial charge in [0.1, 0.15) is 23.6 Å². The number of nitrogens with zero attached hydrogens (tertiary/aromatic N) is 6. The van der Waals surface area contributed by atoms with Gasteiger partial charge in [-0.2, -0.15) is 0 Å². The second-order valence-corrected chi connectivity index (χ2v) is 26.1. The Hall–Kier alpha value is -11.0. The van der Waals surface area contributed by atoms with E-state index in [-0.39, 0.29) is 150 Å². The highest BCUT2D eigenvalue weighted by atomic mass is 16.5. The van der Waals surface area contributed by atoms with Gasteiger partial charge in [0, 0.05) is 106 Å². The molecule has 0 unspecified atom stereocenters. The molecular formula is C72H84N14O14. The third-order valence-electron chi connectivity index (χ3n) is 17.4. The van der Waals surface area contributed by atoms with E-state index in [0.29, 0.717) is 49.9 Å². The quantitative estimate of drug-likeness (QED) is 0.0219. The van der Waals surface area contributed by atoms with E-state index in [0.717, 1.165) is 18.3 Å². The topological polar surface area (TPSA) is 426 Å². The van der Waals surface area contributed by atoms with Crippen molar-refractivity contribution in [3.8, 4) is 56.6 Å². The van der Waals surface area contributed by atoms with Crippen molar-refractivity contribution in [2.45, 2.75) is 143 Å². The smallest absolute Gasteiger partial charge is 0.264 e. The molecule has 4 aromatic carbocycles. The van der Waals surface area contributed by atoms with Crippen molar-refractivity contribution in [3.63, 3.8) is 0 Å². The Morgan fingerprint density at radius 1 is 0.480 bits per heavy atom. The summed E-state index contributed by atoms with van der Waals surface area (Å²) in [6.45, 7) is 13.2. The molecule has 2 aliphatic heterocycles.